The highest BCUT2D eigenvalue weighted by Gasteiger charge is 2.47. The number of amides is 1. The molecule has 0 saturated carbocycles. The summed E-state index contributed by atoms with van der Waals surface area (Å²) in [5.74, 6) is -0.162. The molecule has 0 fully saturated rings. The van der Waals surface area contributed by atoms with Gasteiger partial charge >= 0.3 is 0 Å². The van der Waals surface area contributed by atoms with Gasteiger partial charge in [0.25, 0.3) is 0 Å². The lowest BCUT2D eigenvalue weighted by Gasteiger charge is -2.38. The topological polar surface area (TPSA) is 65.5 Å². The SMILES string of the molecule is CCCNC(=O)C(CCN(C)C)(c1ccccc1)C(O)c1ccccn1. The fourth-order valence-corrected chi connectivity index (χ4v) is 3.13. The van der Waals surface area contributed by atoms with E-state index in [1.807, 2.05) is 62.3 Å². The molecule has 0 aliphatic rings. The first-order valence-corrected chi connectivity index (χ1v) is 9.10. The third-order valence-corrected chi connectivity index (χ3v) is 4.62. The average molecular weight is 355 g/mol. The fourth-order valence-electron chi connectivity index (χ4n) is 3.13. The van der Waals surface area contributed by atoms with Crippen LogP contribution in [0, 0.1) is 0 Å². The third kappa shape index (κ3) is 4.48. The molecule has 2 N–H and O–H groups in total. The summed E-state index contributed by atoms with van der Waals surface area (Å²) in [4.78, 5) is 19.7. The lowest BCUT2D eigenvalue weighted by molar-refractivity contribution is -0.132. The van der Waals surface area contributed by atoms with Crippen molar-refractivity contribution in [3.05, 3.63) is 66.0 Å². The second kappa shape index (κ2) is 9.46. The minimum absolute atomic E-state index is 0.162. The van der Waals surface area contributed by atoms with E-state index in [4.69, 9.17) is 0 Å². The molecule has 2 atom stereocenters. The molecule has 0 radical (unpaired) electrons. The van der Waals surface area contributed by atoms with E-state index in [-0.39, 0.29) is 5.91 Å². The summed E-state index contributed by atoms with van der Waals surface area (Å²) in [6.07, 6.45) is 1.92. The number of nitrogens with zero attached hydrogens (tertiary/aromatic N) is 2. The van der Waals surface area contributed by atoms with Crippen molar-refractivity contribution in [2.75, 3.05) is 27.2 Å². The number of aliphatic hydroxyl groups is 1. The molecule has 2 rings (SSSR count). The van der Waals surface area contributed by atoms with Crippen molar-refractivity contribution in [3.63, 3.8) is 0 Å². The van der Waals surface area contributed by atoms with Gasteiger partial charge < -0.3 is 15.3 Å². The largest absolute Gasteiger partial charge is 0.385 e. The first-order chi connectivity index (χ1) is 12.5. The van der Waals surface area contributed by atoms with Gasteiger partial charge in [-0.3, -0.25) is 9.78 Å². The van der Waals surface area contributed by atoms with Crippen LogP contribution in [0.4, 0.5) is 0 Å². The summed E-state index contributed by atoms with van der Waals surface area (Å²) in [5.41, 5.74) is 0.199. The van der Waals surface area contributed by atoms with E-state index in [1.165, 1.54) is 0 Å². The second-order valence-corrected chi connectivity index (χ2v) is 6.80. The maximum atomic E-state index is 13.3. The van der Waals surface area contributed by atoms with Gasteiger partial charge in [0, 0.05) is 12.7 Å². The van der Waals surface area contributed by atoms with Crippen molar-refractivity contribution in [2.24, 2.45) is 0 Å². The Bertz CT molecular complexity index is 676. The first-order valence-electron chi connectivity index (χ1n) is 9.10. The summed E-state index contributed by atoms with van der Waals surface area (Å²) in [6.45, 7) is 3.25. The molecule has 5 heteroatoms. The third-order valence-electron chi connectivity index (χ3n) is 4.62. The van der Waals surface area contributed by atoms with Crippen molar-refractivity contribution in [1.29, 1.82) is 0 Å². The fraction of sp³-hybridized carbons (Fsp3) is 0.429. The van der Waals surface area contributed by atoms with Gasteiger partial charge in [0.05, 0.1) is 5.69 Å². The standard InChI is InChI=1S/C21H29N3O2/c1-4-14-23-20(26)21(13-16-24(2)3,17-10-6-5-7-11-17)19(25)18-12-8-9-15-22-18/h5-12,15,19,25H,4,13-14,16H2,1-3H3,(H,23,26). The Balaban J connectivity index is 2.56. The average Bonchev–Trinajstić information content (AvgIpc) is 2.68. The predicted octanol–water partition coefficient (Wildman–Crippen LogP) is 2.53. The van der Waals surface area contributed by atoms with Gasteiger partial charge in [-0.2, -0.15) is 0 Å². The van der Waals surface area contributed by atoms with Crippen LogP contribution in [-0.2, 0) is 10.2 Å². The zero-order valence-corrected chi connectivity index (χ0v) is 15.9. The Morgan fingerprint density at radius 3 is 2.46 bits per heavy atom. The summed E-state index contributed by atoms with van der Waals surface area (Å²) in [7, 11) is 3.93. The number of hydrogen-bond acceptors (Lipinski definition) is 4. The minimum Gasteiger partial charge on any atom is -0.385 e. The summed E-state index contributed by atoms with van der Waals surface area (Å²) >= 11 is 0. The predicted molar refractivity (Wildman–Crippen MR) is 104 cm³/mol. The van der Waals surface area contributed by atoms with Crippen LogP contribution in [0.15, 0.2) is 54.7 Å². The highest BCUT2D eigenvalue weighted by atomic mass is 16.3. The molecule has 0 aliphatic carbocycles. The van der Waals surface area contributed by atoms with Crippen LogP contribution in [0.3, 0.4) is 0 Å². The van der Waals surface area contributed by atoms with Gasteiger partial charge in [-0.25, -0.2) is 0 Å². The van der Waals surface area contributed by atoms with Crippen LogP contribution >= 0.6 is 0 Å². The van der Waals surface area contributed by atoms with Gasteiger partial charge in [-0.05, 0) is 51.2 Å². The highest BCUT2D eigenvalue weighted by Crippen LogP contribution is 2.40. The van der Waals surface area contributed by atoms with Gasteiger partial charge in [0.2, 0.25) is 5.91 Å². The van der Waals surface area contributed by atoms with Crippen LogP contribution in [-0.4, -0.2) is 48.1 Å². The molecular weight excluding hydrogens is 326 g/mol. The maximum absolute atomic E-state index is 13.3. The molecule has 2 aromatic rings. The van der Waals surface area contributed by atoms with Crippen molar-refractivity contribution < 1.29 is 9.90 Å². The molecule has 0 aliphatic heterocycles. The van der Waals surface area contributed by atoms with Crippen LogP contribution in [0.1, 0.15) is 37.1 Å². The molecule has 26 heavy (non-hydrogen) atoms. The molecular formula is C21H29N3O2. The molecule has 2 unspecified atom stereocenters. The lowest BCUT2D eigenvalue weighted by atomic mass is 9.70. The van der Waals surface area contributed by atoms with Crippen molar-refractivity contribution >= 4 is 5.91 Å². The lowest BCUT2D eigenvalue weighted by Crippen LogP contribution is -2.50. The van der Waals surface area contributed by atoms with Crippen LogP contribution in [0.25, 0.3) is 0 Å². The quantitative estimate of drug-likeness (QED) is 0.725. The molecule has 1 aromatic heterocycles. The van der Waals surface area contributed by atoms with E-state index in [2.05, 4.69) is 10.3 Å². The number of carbonyl (C=O) groups excluding carboxylic acids is 1. The van der Waals surface area contributed by atoms with Crippen molar-refractivity contribution in [1.82, 2.24) is 15.2 Å². The Kier molecular flexibility index (Phi) is 7.30. The van der Waals surface area contributed by atoms with Crippen molar-refractivity contribution in [2.45, 2.75) is 31.3 Å². The number of benzene rings is 1. The van der Waals surface area contributed by atoms with Gasteiger partial charge in [0.15, 0.2) is 0 Å². The number of aliphatic hydroxyl groups excluding tert-OH is 1. The monoisotopic (exact) mass is 355 g/mol. The Morgan fingerprint density at radius 1 is 1.19 bits per heavy atom. The summed E-state index contributed by atoms with van der Waals surface area (Å²) < 4.78 is 0. The van der Waals surface area contributed by atoms with Crippen LogP contribution < -0.4 is 5.32 Å². The molecule has 0 bridgehead atoms. The molecule has 140 valence electrons. The number of hydrogen-bond donors (Lipinski definition) is 2. The zero-order valence-electron chi connectivity index (χ0n) is 15.9. The van der Waals surface area contributed by atoms with Crippen LogP contribution in [0.5, 0.6) is 0 Å². The second-order valence-electron chi connectivity index (χ2n) is 6.80. The van der Waals surface area contributed by atoms with E-state index in [9.17, 15) is 9.90 Å². The first kappa shape index (κ1) is 20.1. The normalized spacial score (nSPS) is 14.7. The van der Waals surface area contributed by atoms with Gasteiger partial charge in [0.1, 0.15) is 11.5 Å². The Labute approximate surface area is 156 Å². The number of rotatable bonds is 9. The Hall–Kier alpha value is -2.24. The van der Waals surface area contributed by atoms with Gasteiger partial charge in [-0.15, -0.1) is 0 Å². The number of pyridine rings is 1. The smallest absolute Gasteiger partial charge is 0.233 e. The maximum Gasteiger partial charge on any atom is 0.233 e. The van der Waals surface area contributed by atoms with E-state index in [1.54, 1.807) is 18.3 Å². The zero-order chi connectivity index (χ0) is 19.0. The van der Waals surface area contributed by atoms with Crippen LogP contribution in [0.2, 0.25) is 0 Å². The van der Waals surface area contributed by atoms with E-state index < -0.39 is 11.5 Å². The molecule has 1 aromatic carbocycles. The number of aromatic nitrogens is 1. The molecule has 1 amide bonds. The number of nitrogens with one attached hydrogen (secondary N) is 1. The summed E-state index contributed by atoms with van der Waals surface area (Å²) in [5, 5.41) is 14.3. The molecule has 1 heterocycles. The van der Waals surface area contributed by atoms with E-state index in [0.29, 0.717) is 25.2 Å². The number of carbonyl (C=O) groups is 1. The Morgan fingerprint density at radius 2 is 1.88 bits per heavy atom. The summed E-state index contributed by atoms with van der Waals surface area (Å²) in [6, 6.07) is 14.9. The van der Waals surface area contributed by atoms with Gasteiger partial charge in [-0.1, -0.05) is 43.3 Å². The van der Waals surface area contributed by atoms with E-state index >= 15 is 0 Å². The van der Waals surface area contributed by atoms with Crippen molar-refractivity contribution in [3.8, 4) is 0 Å². The van der Waals surface area contributed by atoms with E-state index in [0.717, 1.165) is 12.0 Å². The molecule has 5 nitrogen and oxygen atoms in total. The molecule has 0 spiro atoms. The highest BCUT2D eigenvalue weighted by molar-refractivity contribution is 5.89. The minimum atomic E-state index is -1.10. The molecule has 0 saturated heterocycles.